The summed E-state index contributed by atoms with van der Waals surface area (Å²) in [5.74, 6) is -3.77. The van der Waals surface area contributed by atoms with Crippen LogP contribution in [0.15, 0.2) is 30.3 Å². The highest BCUT2D eigenvalue weighted by Gasteiger charge is 2.41. The number of hydrogen-bond acceptors (Lipinski definition) is 7. The molecule has 1 fully saturated rings. The van der Waals surface area contributed by atoms with Gasteiger partial charge in [-0.1, -0.05) is 30.3 Å². The second kappa shape index (κ2) is 12.0. The van der Waals surface area contributed by atoms with E-state index in [4.69, 9.17) is 5.11 Å². The molecule has 0 bridgehead atoms. The van der Waals surface area contributed by atoms with E-state index in [0.717, 1.165) is 0 Å². The quantitative estimate of drug-likeness (QED) is 0.340. The predicted molar refractivity (Wildman–Crippen MR) is 126 cm³/mol. The number of amides is 3. The number of benzene rings is 1. The molecule has 1 saturated heterocycles. The van der Waals surface area contributed by atoms with E-state index in [0.29, 0.717) is 11.3 Å². The highest BCUT2D eigenvalue weighted by molar-refractivity contribution is 7.99. The van der Waals surface area contributed by atoms with Crippen LogP contribution in [0.3, 0.4) is 0 Å². The van der Waals surface area contributed by atoms with Gasteiger partial charge in [-0.15, -0.1) is 11.8 Å². The standard InChI is InChI=1S/C23H31N3O7S/c1-23(2,3)25-20(31)16-12-34-13-26(16)22(33)19(30)15(11-14-7-5-4-6-8-14)24-21(32)17(27)9-10-18(28)29/h4-8,15-16,19,30H,9-13H2,1-3H3,(H,24,32)(H,25,31)(H,28,29)/t15-,16-,19-/m0/s1. The Hall–Kier alpha value is -2.92. The van der Waals surface area contributed by atoms with Gasteiger partial charge in [0.2, 0.25) is 11.7 Å². The van der Waals surface area contributed by atoms with E-state index in [9.17, 15) is 29.1 Å². The SMILES string of the molecule is CC(C)(C)NC(=O)[C@@H]1CSCN1C(=O)[C@@H](O)[C@H](Cc1ccccc1)NC(=O)C(=O)CCC(=O)O. The Balaban J connectivity index is 2.19. The molecule has 3 amide bonds. The molecule has 0 radical (unpaired) electrons. The summed E-state index contributed by atoms with van der Waals surface area (Å²) in [6, 6.07) is 6.84. The van der Waals surface area contributed by atoms with E-state index in [-0.39, 0.29) is 18.2 Å². The van der Waals surface area contributed by atoms with Crippen molar-refractivity contribution in [1.29, 1.82) is 0 Å². The summed E-state index contributed by atoms with van der Waals surface area (Å²) in [6.07, 6.45) is -2.68. The van der Waals surface area contributed by atoms with Crippen molar-refractivity contribution in [3.05, 3.63) is 35.9 Å². The number of hydrogen-bond donors (Lipinski definition) is 4. The zero-order valence-electron chi connectivity index (χ0n) is 19.4. The summed E-state index contributed by atoms with van der Waals surface area (Å²) in [7, 11) is 0. The van der Waals surface area contributed by atoms with Crippen LogP contribution in [-0.4, -0.2) is 79.9 Å². The molecule has 2 rings (SSSR count). The number of nitrogens with one attached hydrogen (secondary N) is 2. The monoisotopic (exact) mass is 493 g/mol. The Bertz CT molecular complexity index is 917. The normalized spacial score (nSPS) is 17.5. The average Bonchev–Trinajstić information content (AvgIpc) is 3.25. The lowest BCUT2D eigenvalue weighted by Gasteiger charge is -2.31. The van der Waals surface area contributed by atoms with Crippen LogP contribution in [0.5, 0.6) is 0 Å². The van der Waals surface area contributed by atoms with E-state index >= 15 is 0 Å². The molecular formula is C23H31N3O7S. The Labute approximate surface area is 202 Å². The summed E-state index contributed by atoms with van der Waals surface area (Å²) in [5.41, 5.74) is 0.202. The number of aliphatic hydroxyl groups is 1. The van der Waals surface area contributed by atoms with Crippen molar-refractivity contribution in [2.75, 3.05) is 11.6 Å². The predicted octanol–water partition coefficient (Wildman–Crippen LogP) is 0.325. The number of thioether (sulfide) groups is 1. The van der Waals surface area contributed by atoms with Gasteiger partial charge in [0.05, 0.1) is 18.3 Å². The summed E-state index contributed by atoms with van der Waals surface area (Å²) in [4.78, 5) is 62.3. The molecule has 34 heavy (non-hydrogen) atoms. The lowest BCUT2D eigenvalue weighted by molar-refractivity contribution is -0.147. The second-order valence-corrected chi connectivity index (χ2v) is 10.1. The zero-order valence-corrected chi connectivity index (χ0v) is 20.3. The Morgan fingerprint density at radius 2 is 1.76 bits per heavy atom. The maximum absolute atomic E-state index is 13.2. The Morgan fingerprint density at radius 3 is 2.35 bits per heavy atom. The van der Waals surface area contributed by atoms with Gasteiger partial charge in [0.15, 0.2) is 6.10 Å². The van der Waals surface area contributed by atoms with E-state index in [2.05, 4.69) is 10.6 Å². The number of ketones is 1. The number of rotatable bonds is 10. The molecule has 4 N–H and O–H groups in total. The lowest BCUT2D eigenvalue weighted by atomic mass is 9.99. The summed E-state index contributed by atoms with van der Waals surface area (Å²) in [6.45, 7) is 5.46. The van der Waals surface area contributed by atoms with E-state index in [1.54, 1.807) is 30.3 Å². The van der Waals surface area contributed by atoms with Crippen molar-refractivity contribution in [1.82, 2.24) is 15.5 Å². The van der Waals surface area contributed by atoms with Crippen LogP contribution in [0, 0.1) is 0 Å². The van der Waals surface area contributed by atoms with Crippen LogP contribution >= 0.6 is 11.8 Å². The fraction of sp³-hybridized carbons (Fsp3) is 0.522. The lowest BCUT2D eigenvalue weighted by Crippen LogP contribution is -2.58. The molecule has 11 heteroatoms. The first-order valence-corrected chi connectivity index (χ1v) is 12.0. The molecule has 186 valence electrons. The first-order chi connectivity index (χ1) is 15.9. The minimum atomic E-state index is -1.72. The fourth-order valence-corrected chi connectivity index (χ4v) is 4.53. The van der Waals surface area contributed by atoms with E-state index in [1.165, 1.54) is 16.7 Å². The van der Waals surface area contributed by atoms with Gasteiger partial charge >= 0.3 is 5.97 Å². The van der Waals surface area contributed by atoms with Crippen molar-refractivity contribution < 1.29 is 34.2 Å². The van der Waals surface area contributed by atoms with Crippen LogP contribution in [0.4, 0.5) is 0 Å². The molecule has 1 aromatic rings. The summed E-state index contributed by atoms with van der Waals surface area (Å²) < 4.78 is 0. The molecule has 0 aliphatic carbocycles. The maximum Gasteiger partial charge on any atom is 0.303 e. The molecule has 1 heterocycles. The third-order valence-electron chi connectivity index (χ3n) is 5.03. The number of Topliss-reactive ketones (excluding diaryl/α,β-unsaturated/α-hetero) is 1. The van der Waals surface area contributed by atoms with Crippen molar-refractivity contribution >= 4 is 41.2 Å². The topological polar surface area (TPSA) is 153 Å². The molecule has 1 aliphatic heterocycles. The minimum absolute atomic E-state index is 0.0472. The van der Waals surface area contributed by atoms with Crippen LogP contribution < -0.4 is 10.6 Å². The van der Waals surface area contributed by atoms with Crippen LogP contribution in [0.1, 0.15) is 39.2 Å². The van der Waals surface area contributed by atoms with Gasteiger partial charge in [-0.2, -0.15) is 0 Å². The third-order valence-corrected chi connectivity index (χ3v) is 6.05. The Morgan fingerprint density at radius 1 is 1.12 bits per heavy atom. The first-order valence-electron chi connectivity index (χ1n) is 10.9. The summed E-state index contributed by atoms with van der Waals surface area (Å²) in [5, 5.41) is 24.9. The first kappa shape index (κ1) is 27.3. The van der Waals surface area contributed by atoms with Gasteiger partial charge in [-0.3, -0.25) is 24.0 Å². The van der Waals surface area contributed by atoms with Gasteiger partial charge in [-0.25, -0.2) is 0 Å². The maximum atomic E-state index is 13.2. The second-order valence-electron chi connectivity index (χ2n) is 9.09. The van der Waals surface area contributed by atoms with Crippen LogP contribution in [0.25, 0.3) is 0 Å². The van der Waals surface area contributed by atoms with Gasteiger partial charge < -0.3 is 25.7 Å². The minimum Gasteiger partial charge on any atom is -0.481 e. The highest BCUT2D eigenvalue weighted by atomic mass is 32.2. The zero-order chi connectivity index (χ0) is 25.5. The van der Waals surface area contributed by atoms with Gasteiger partial charge in [0.1, 0.15) is 6.04 Å². The molecule has 10 nitrogen and oxygen atoms in total. The molecule has 0 spiro atoms. The van der Waals surface area contributed by atoms with Crippen LogP contribution in [-0.2, 0) is 30.4 Å². The Kier molecular flexibility index (Phi) is 9.63. The van der Waals surface area contributed by atoms with Crippen LogP contribution in [0.2, 0.25) is 0 Å². The third kappa shape index (κ3) is 8.14. The van der Waals surface area contributed by atoms with Gasteiger partial charge in [-0.05, 0) is 32.8 Å². The molecular weight excluding hydrogens is 462 g/mol. The number of nitrogens with zero attached hydrogens (tertiary/aromatic N) is 1. The van der Waals surface area contributed by atoms with Crippen molar-refractivity contribution in [3.63, 3.8) is 0 Å². The largest absolute Gasteiger partial charge is 0.481 e. The van der Waals surface area contributed by atoms with E-state index < -0.39 is 60.1 Å². The highest BCUT2D eigenvalue weighted by Crippen LogP contribution is 2.23. The number of aliphatic carboxylic acids is 1. The molecule has 0 saturated carbocycles. The molecule has 0 aromatic heterocycles. The number of aliphatic hydroxyl groups excluding tert-OH is 1. The van der Waals surface area contributed by atoms with Gasteiger partial charge in [0, 0.05) is 17.7 Å². The number of carbonyl (C=O) groups excluding carboxylic acids is 4. The molecule has 1 aliphatic rings. The summed E-state index contributed by atoms with van der Waals surface area (Å²) >= 11 is 1.37. The van der Waals surface area contributed by atoms with Crippen molar-refractivity contribution in [2.45, 2.75) is 63.8 Å². The van der Waals surface area contributed by atoms with E-state index in [1.807, 2.05) is 20.8 Å². The molecule has 0 unspecified atom stereocenters. The van der Waals surface area contributed by atoms with Crippen molar-refractivity contribution in [3.8, 4) is 0 Å². The average molecular weight is 494 g/mol. The molecule has 1 aromatic carbocycles. The number of carbonyl (C=O) groups is 5. The smallest absolute Gasteiger partial charge is 0.303 e. The fourth-order valence-electron chi connectivity index (χ4n) is 3.36. The van der Waals surface area contributed by atoms with Crippen molar-refractivity contribution in [2.24, 2.45) is 0 Å². The number of carboxylic acids is 1. The van der Waals surface area contributed by atoms with Gasteiger partial charge in [0.25, 0.3) is 11.8 Å². The number of carboxylic acid groups (broad SMARTS) is 1. The molecule has 3 atom stereocenters.